The van der Waals surface area contributed by atoms with Crippen molar-refractivity contribution in [1.82, 2.24) is 0 Å². The van der Waals surface area contributed by atoms with Gasteiger partial charge < -0.3 is 4.74 Å². The molecule has 0 amide bonds. The number of carbonyl (C=O) groups excluding carboxylic acids is 3. The van der Waals surface area contributed by atoms with Gasteiger partial charge in [0.2, 0.25) is 5.78 Å². The Hall–Kier alpha value is -1.47. The van der Waals surface area contributed by atoms with Crippen LogP contribution in [0.3, 0.4) is 0 Å². The van der Waals surface area contributed by atoms with Gasteiger partial charge in [-0.15, -0.1) is 0 Å². The standard InChI is InChI=1S/C17H26O4/c1-11(2)14(18)10-8-9-13(15(19)12(3)4)16(20)17(5,6)21-7/h11-13H,9H2,1-7H3. The molecule has 0 rings (SSSR count). The Kier molecular flexibility index (Phi) is 7.52. The summed E-state index contributed by atoms with van der Waals surface area (Å²) in [6.07, 6.45) is 0.0566. The lowest BCUT2D eigenvalue weighted by Crippen LogP contribution is -2.42. The number of carbonyl (C=O) groups is 3. The molecule has 1 atom stereocenters. The van der Waals surface area contributed by atoms with E-state index in [2.05, 4.69) is 11.8 Å². The van der Waals surface area contributed by atoms with Crippen LogP contribution in [0.15, 0.2) is 0 Å². The van der Waals surface area contributed by atoms with Crippen molar-refractivity contribution in [3.8, 4) is 11.8 Å². The molecule has 0 saturated heterocycles. The van der Waals surface area contributed by atoms with Gasteiger partial charge in [-0.2, -0.15) is 0 Å². The Bertz CT molecular complexity index is 461. The maximum atomic E-state index is 12.5. The SMILES string of the molecule is COC(C)(C)C(=O)C(CC#CC(=O)C(C)C)C(=O)C(C)C. The number of Topliss-reactive ketones (excluding diaryl/α,β-unsaturated/α-hetero) is 3. The van der Waals surface area contributed by atoms with Gasteiger partial charge >= 0.3 is 0 Å². The smallest absolute Gasteiger partial charge is 0.207 e. The average Bonchev–Trinajstić information content (AvgIpc) is 2.41. The fourth-order valence-electron chi connectivity index (χ4n) is 1.63. The number of ether oxygens (including phenoxy) is 1. The third-order valence-electron chi connectivity index (χ3n) is 3.37. The highest BCUT2D eigenvalue weighted by Gasteiger charge is 2.37. The number of methoxy groups -OCH3 is 1. The van der Waals surface area contributed by atoms with Crippen molar-refractivity contribution in [3.05, 3.63) is 0 Å². The molecular formula is C17H26O4. The Balaban J connectivity index is 5.24. The molecule has 1 unspecified atom stereocenters. The van der Waals surface area contributed by atoms with Gasteiger partial charge in [0.25, 0.3) is 0 Å². The van der Waals surface area contributed by atoms with E-state index in [4.69, 9.17) is 4.74 Å². The molecule has 0 aliphatic carbocycles. The molecule has 4 heteroatoms. The summed E-state index contributed by atoms with van der Waals surface area (Å²) in [7, 11) is 1.43. The van der Waals surface area contributed by atoms with Crippen LogP contribution in [0, 0.1) is 29.6 Å². The summed E-state index contributed by atoms with van der Waals surface area (Å²) < 4.78 is 5.16. The van der Waals surface area contributed by atoms with Gasteiger partial charge in [0, 0.05) is 25.4 Å². The first-order chi connectivity index (χ1) is 9.54. The van der Waals surface area contributed by atoms with Gasteiger partial charge in [-0.25, -0.2) is 0 Å². The van der Waals surface area contributed by atoms with Gasteiger partial charge in [0.15, 0.2) is 5.78 Å². The minimum Gasteiger partial charge on any atom is -0.371 e. The van der Waals surface area contributed by atoms with Crippen LogP contribution >= 0.6 is 0 Å². The molecule has 0 spiro atoms. The van der Waals surface area contributed by atoms with Crippen LogP contribution in [0.1, 0.15) is 48.0 Å². The maximum Gasteiger partial charge on any atom is 0.207 e. The largest absolute Gasteiger partial charge is 0.371 e. The van der Waals surface area contributed by atoms with E-state index in [0.29, 0.717) is 0 Å². The van der Waals surface area contributed by atoms with Crippen LogP contribution in [0.25, 0.3) is 0 Å². The van der Waals surface area contributed by atoms with Crippen molar-refractivity contribution in [3.63, 3.8) is 0 Å². The average molecular weight is 294 g/mol. The Morgan fingerprint density at radius 3 is 1.95 bits per heavy atom. The predicted octanol–water partition coefficient (Wildman–Crippen LogP) is 2.44. The summed E-state index contributed by atoms with van der Waals surface area (Å²) in [5.74, 6) is 3.22. The molecule has 4 nitrogen and oxygen atoms in total. The number of rotatable bonds is 7. The molecule has 0 N–H and O–H groups in total. The lowest BCUT2D eigenvalue weighted by molar-refractivity contribution is -0.146. The monoisotopic (exact) mass is 294 g/mol. The molecular weight excluding hydrogens is 268 g/mol. The van der Waals surface area contributed by atoms with Crippen LogP contribution in [0.2, 0.25) is 0 Å². The van der Waals surface area contributed by atoms with E-state index >= 15 is 0 Å². The summed E-state index contributed by atoms with van der Waals surface area (Å²) in [6, 6.07) is 0. The lowest BCUT2D eigenvalue weighted by Gasteiger charge is -2.26. The van der Waals surface area contributed by atoms with E-state index in [9.17, 15) is 14.4 Å². The van der Waals surface area contributed by atoms with Crippen LogP contribution < -0.4 is 0 Å². The van der Waals surface area contributed by atoms with Gasteiger partial charge in [0.1, 0.15) is 11.4 Å². The Morgan fingerprint density at radius 1 is 1.05 bits per heavy atom. The molecule has 0 aliphatic rings. The molecule has 21 heavy (non-hydrogen) atoms. The summed E-state index contributed by atoms with van der Waals surface area (Å²) in [6.45, 7) is 10.3. The maximum absolute atomic E-state index is 12.5. The molecule has 0 aromatic heterocycles. The second kappa shape index (κ2) is 8.09. The summed E-state index contributed by atoms with van der Waals surface area (Å²) in [5.41, 5.74) is -1.04. The van der Waals surface area contributed by atoms with Gasteiger partial charge in [-0.1, -0.05) is 33.6 Å². The normalized spacial score (nSPS) is 12.8. The molecule has 0 bridgehead atoms. The van der Waals surface area contributed by atoms with E-state index in [0.717, 1.165) is 0 Å². The highest BCUT2D eigenvalue weighted by Crippen LogP contribution is 2.21. The zero-order valence-corrected chi connectivity index (χ0v) is 14.1. The van der Waals surface area contributed by atoms with E-state index in [1.807, 2.05) is 0 Å². The van der Waals surface area contributed by atoms with Gasteiger partial charge in [-0.3, -0.25) is 14.4 Å². The van der Waals surface area contributed by atoms with Crippen LogP contribution in [0.4, 0.5) is 0 Å². The van der Waals surface area contributed by atoms with Gasteiger partial charge in [0.05, 0.1) is 5.92 Å². The molecule has 0 aliphatic heterocycles. The zero-order chi connectivity index (χ0) is 16.8. The first kappa shape index (κ1) is 19.5. The molecule has 0 saturated carbocycles. The second-order valence-electron chi connectivity index (χ2n) is 6.21. The first-order valence-corrected chi connectivity index (χ1v) is 7.20. The van der Waals surface area contributed by atoms with Crippen LogP contribution in [0.5, 0.6) is 0 Å². The number of hydrogen-bond donors (Lipinski definition) is 0. The van der Waals surface area contributed by atoms with Crippen LogP contribution in [-0.2, 0) is 19.1 Å². The van der Waals surface area contributed by atoms with E-state index in [1.165, 1.54) is 7.11 Å². The summed E-state index contributed by atoms with van der Waals surface area (Å²) >= 11 is 0. The minimum absolute atomic E-state index is 0.0566. The van der Waals surface area contributed by atoms with Crippen molar-refractivity contribution in [2.45, 2.75) is 53.6 Å². The topological polar surface area (TPSA) is 60.4 Å². The second-order valence-corrected chi connectivity index (χ2v) is 6.21. The van der Waals surface area contributed by atoms with E-state index in [-0.39, 0.29) is 35.6 Å². The molecule has 0 fully saturated rings. The molecule has 0 aromatic rings. The molecule has 0 aromatic carbocycles. The quantitative estimate of drug-likeness (QED) is 0.411. The van der Waals surface area contributed by atoms with E-state index in [1.54, 1.807) is 41.5 Å². The van der Waals surface area contributed by atoms with Crippen molar-refractivity contribution in [2.24, 2.45) is 17.8 Å². The predicted molar refractivity (Wildman–Crippen MR) is 81.7 cm³/mol. The number of ketones is 3. The highest BCUT2D eigenvalue weighted by atomic mass is 16.5. The molecule has 0 heterocycles. The highest BCUT2D eigenvalue weighted by molar-refractivity contribution is 6.06. The van der Waals surface area contributed by atoms with Crippen LogP contribution in [-0.4, -0.2) is 30.1 Å². The third kappa shape index (κ3) is 5.81. The van der Waals surface area contributed by atoms with Crippen molar-refractivity contribution < 1.29 is 19.1 Å². The fraction of sp³-hybridized carbons (Fsp3) is 0.706. The first-order valence-electron chi connectivity index (χ1n) is 7.20. The Morgan fingerprint density at radius 2 is 1.57 bits per heavy atom. The lowest BCUT2D eigenvalue weighted by atomic mass is 9.82. The molecule has 118 valence electrons. The van der Waals surface area contributed by atoms with Crippen molar-refractivity contribution in [1.29, 1.82) is 0 Å². The fourth-order valence-corrected chi connectivity index (χ4v) is 1.63. The number of hydrogen-bond acceptors (Lipinski definition) is 4. The van der Waals surface area contributed by atoms with Crippen molar-refractivity contribution in [2.75, 3.05) is 7.11 Å². The summed E-state index contributed by atoms with van der Waals surface area (Å²) in [5, 5.41) is 0. The van der Waals surface area contributed by atoms with E-state index < -0.39 is 11.5 Å². The Labute approximate surface area is 127 Å². The van der Waals surface area contributed by atoms with Gasteiger partial charge in [-0.05, 0) is 19.8 Å². The third-order valence-corrected chi connectivity index (χ3v) is 3.37. The minimum atomic E-state index is -1.04. The summed E-state index contributed by atoms with van der Waals surface area (Å²) in [4.78, 5) is 36.2. The van der Waals surface area contributed by atoms with Crippen molar-refractivity contribution >= 4 is 17.3 Å². The molecule has 0 radical (unpaired) electrons. The zero-order valence-electron chi connectivity index (χ0n) is 14.1.